The van der Waals surface area contributed by atoms with Crippen molar-refractivity contribution in [2.24, 2.45) is 0 Å². The molecule has 0 aliphatic rings. The van der Waals surface area contributed by atoms with Gasteiger partial charge in [0.2, 0.25) is 5.91 Å². The lowest BCUT2D eigenvalue weighted by Gasteiger charge is -2.25. The molecule has 0 radical (unpaired) electrons. The van der Waals surface area contributed by atoms with Crippen molar-refractivity contribution >= 4 is 23.2 Å². The van der Waals surface area contributed by atoms with E-state index >= 15 is 0 Å². The molecule has 0 saturated heterocycles. The van der Waals surface area contributed by atoms with Gasteiger partial charge < -0.3 is 0 Å². The van der Waals surface area contributed by atoms with Gasteiger partial charge in [-0.05, 0) is 36.5 Å². The molecule has 22 heavy (non-hydrogen) atoms. The molecule has 2 aromatic rings. The van der Waals surface area contributed by atoms with E-state index in [1.54, 1.807) is 9.58 Å². The number of aromatic nitrogens is 2. The zero-order valence-corrected chi connectivity index (χ0v) is 14.3. The molecule has 2 rings (SSSR count). The van der Waals surface area contributed by atoms with Gasteiger partial charge >= 0.3 is 0 Å². The lowest BCUT2D eigenvalue weighted by atomic mass is 10.1. The largest absolute Gasteiger partial charge is 0.291 e. The maximum Gasteiger partial charge on any atom is 0.243 e. The third-order valence-electron chi connectivity index (χ3n) is 3.73. The van der Waals surface area contributed by atoms with Crippen molar-refractivity contribution < 1.29 is 4.79 Å². The molecule has 0 saturated carbocycles. The van der Waals surface area contributed by atoms with E-state index in [-0.39, 0.29) is 11.8 Å². The lowest BCUT2D eigenvalue weighted by molar-refractivity contribution is -0.116. The molecule has 1 amide bonds. The average molecular weight is 320 g/mol. The lowest BCUT2D eigenvalue weighted by Crippen LogP contribution is -2.35. The Morgan fingerprint density at radius 2 is 1.95 bits per heavy atom. The maximum absolute atomic E-state index is 12.3. The van der Waals surface area contributed by atoms with Crippen molar-refractivity contribution in [3.8, 4) is 0 Å². The van der Waals surface area contributed by atoms with Gasteiger partial charge in [-0.1, -0.05) is 32.0 Å². The van der Waals surface area contributed by atoms with E-state index < -0.39 is 0 Å². The van der Waals surface area contributed by atoms with E-state index in [4.69, 9.17) is 11.6 Å². The standard InChI is InChI=1S/C17H22ClN3O/c1-12(2)15-9-19-20(10-15)11-21(16(22)8-18)17-13(3)6-5-7-14(17)4/h5-7,9-10,12H,8,11H2,1-4H3. The number of carbonyl (C=O) groups excluding carboxylic acids is 1. The summed E-state index contributed by atoms with van der Waals surface area (Å²) >= 11 is 5.80. The number of amides is 1. The van der Waals surface area contributed by atoms with Gasteiger partial charge in [-0.25, -0.2) is 0 Å². The fourth-order valence-corrected chi connectivity index (χ4v) is 2.62. The Labute approximate surface area is 136 Å². The Kier molecular flexibility index (Phi) is 5.24. The fraction of sp³-hybridized carbons (Fsp3) is 0.412. The van der Waals surface area contributed by atoms with Crippen LogP contribution in [0.5, 0.6) is 0 Å². The van der Waals surface area contributed by atoms with Gasteiger partial charge in [0.25, 0.3) is 0 Å². The molecule has 0 fully saturated rings. The summed E-state index contributed by atoms with van der Waals surface area (Å²) < 4.78 is 1.78. The van der Waals surface area contributed by atoms with Crippen LogP contribution in [0.1, 0.15) is 36.5 Å². The van der Waals surface area contributed by atoms with E-state index in [1.165, 1.54) is 0 Å². The summed E-state index contributed by atoms with van der Waals surface area (Å²) in [5, 5.41) is 4.36. The highest BCUT2D eigenvalue weighted by molar-refractivity contribution is 6.29. The Morgan fingerprint density at radius 3 is 2.45 bits per heavy atom. The van der Waals surface area contributed by atoms with E-state index in [9.17, 15) is 4.79 Å². The molecule has 0 spiro atoms. The molecule has 4 nitrogen and oxygen atoms in total. The summed E-state index contributed by atoms with van der Waals surface area (Å²) in [6.07, 6.45) is 3.82. The number of benzene rings is 1. The first-order valence-electron chi connectivity index (χ1n) is 7.39. The number of halogens is 1. The summed E-state index contributed by atoms with van der Waals surface area (Å²) in [4.78, 5) is 14.0. The smallest absolute Gasteiger partial charge is 0.243 e. The minimum Gasteiger partial charge on any atom is -0.291 e. The monoisotopic (exact) mass is 319 g/mol. The third-order valence-corrected chi connectivity index (χ3v) is 3.96. The van der Waals surface area contributed by atoms with E-state index in [1.807, 2.05) is 44.4 Å². The zero-order chi connectivity index (χ0) is 16.3. The Bertz CT molecular complexity index is 643. The fourth-order valence-electron chi connectivity index (χ4n) is 2.48. The summed E-state index contributed by atoms with van der Waals surface area (Å²) in [6, 6.07) is 5.99. The maximum atomic E-state index is 12.3. The second kappa shape index (κ2) is 6.97. The predicted octanol–water partition coefficient (Wildman–Crippen LogP) is 3.85. The molecular weight excluding hydrogens is 298 g/mol. The normalized spacial score (nSPS) is 11.0. The Morgan fingerprint density at radius 1 is 1.32 bits per heavy atom. The van der Waals surface area contributed by atoms with Crippen LogP contribution in [-0.4, -0.2) is 21.6 Å². The van der Waals surface area contributed by atoms with Gasteiger partial charge in [0.05, 0.1) is 11.9 Å². The van der Waals surface area contributed by atoms with Crippen LogP contribution in [0.25, 0.3) is 0 Å². The third kappa shape index (κ3) is 3.50. The highest BCUT2D eigenvalue weighted by atomic mass is 35.5. The second-order valence-electron chi connectivity index (χ2n) is 5.81. The van der Waals surface area contributed by atoms with Crippen LogP contribution in [0, 0.1) is 13.8 Å². The zero-order valence-electron chi connectivity index (χ0n) is 13.5. The number of rotatable bonds is 5. The highest BCUT2D eigenvalue weighted by Gasteiger charge is 2.19. The molecule has 0 bridgehead atoms. The first kappa shape index (κ1) is 16.6. The molecule has 5 heteroatoms. The Hall–Kier alpha value is -1.81. The number of alkyl halides is 1. The predicted molar refractivity (Wildman–Crippen MR) is 90.4 cm³/mol. The molecule has 118 valence electrons. The molecule has 0 atom stereocenters. The SMILES string of the molecule is Cc1cccc(C)c1N(Cn1cc(C(C)C)cn1)C(=O)CCl. The first-order chi connectivity index (χ1) is 10.4. The first-order valence-corrected chi connectivity index (χ1v) is 7.92. The quantitative estimate of drug-likeness (QED) is 0.785. The van der Waals surface area contributed by atoms with Crippen LogP contribution >= 0.6 is 11.6 Å². The average Bonchev–Trinajstić information content (AvgIpc) is 2.94. The van der Waals surface area contributed by atoms with Crippen molar-refractivity contribution in [3.63, 3.8) is 0 Å². The highest BCUT2D eigenvalue weighted by Crippen LogP contribution is 2.26. The molecular formula is C17H22ClN3O. The summed E-state index contributed by atoms with van der Waals surface area (Å²) in [6.45, 7) is 8.60. The molecule has 1 aromatic carbocycles. The van der Waals surface area contributed by atoms with Gasteiger partial charge in [0.15, 0.2) is 0 Å². The van der Waals surface area contributed by atoms with Crippen molar-refractivity contribution in [3.05, 3.63) is 47.3 Å². The number of anilines is 1. The van der Waals surface area contributed by atoms with Gasteiger partial charge in [0, 0.05) is 6.20 Å². The topological polar surface area (TPSA) is 38.1 Å². The second-order valence-corrected chi connectivity index (χ2v) is 6.07. The Balaban J connectivity index is 2.36. The van der Waals surface area contributed by atoms with Gasteiger partial charge in [-0.3, -0.25) is 14.4 Å². The number of hydrogen-bond acceptors (Lipinski definition) is 2. The number of hydrogen-bond donors (Lipinski definition) is 0. The summed E-state index contributed by atoms with van der Waals surface area (Å²) in [5.74, 6) is 0.235. The molecule has 0 N–H and O–H groups in total. The van der Waals surface area contributed by atoms with Crippen LogP contribution in [0.4, 0.5) is 5.69 Å². The van der Waals surface area contributed by atoms with Gasteiger partial charge in [-0.2, -0.15) is 5.10 Å². The van der Waals surface area contributed by atoms with Crippen LogP contribution in [-0.2, 0) is 11.5 Å². The summed E-state index contributed by atoms with van der Waals surface area (Å²) in [5.41, 5.74) is 4.17. The van der Waals surface area contributed by atoms with Crippen molar-refractivity contribution in [2.45, 2.75) is 40.3 Å². The molecule has 0 aliphatic heterocycles. The number of para-hydroxylation sites is 1. The van der Waals surface area contributed by atoms with Crippen molar-refractivity contribution in [1.82, 2.24) is 9.78 Å². The molecule has 0 aliphatic carbocycles. The molecule has 1 heterocycles. The van der Waals surface area contributed by atoms with Crippen molar-refractivity contribution in [1.29, 1.82) is 0 Å². The minimum absolute atomic E-state index is 0.0495. The van der Waals surface area contributed by atoms with Gasteiger partial charge in [0.1, 0.15) is 12.5 Å². The van der Waals surface area contributed by atoms with E-state index in [2.05, 4.69) is 18.9 Å². The number of aryl methyl sites for hydroxylation is 2. The van der Waals surface area contributed by atoms with Crippen LogP contribution < -0.4 is 4.90 Å². The molecule has 0 unspecified atom stereocenters. The van der Waals surface area contributed by atoms with Crippen LogP contribution in [0.2, 0.25) is 0 Å². The summed E-state index contributed by atoms with van der Waals surface area (Å²) in [7, 11) is 0. The van der Waals surface area contributed by atoms with Gasteiger partial charge in [-0.15, -0.1) is 11.6 Å². The number of nitrogens with zero attached hydrogens (tertiary/aromatic N) is 3. The number of carbonyl (C=O) groups is 1. The van der Waals surface area contributed by atoms with E-state index in [0.29, 0.717) is 12.6 Å². The van der Waals surface area contributed by atoms with Crippen molar-refractivity contribution in [2.75, 3.05) is 10.8 Å². The van der Waals surface area contributed by atoms with E-state index in [0.717, 1.165) is 22.4 Å². The van der Waals surface area contributed by atoms with Crippen LogP contribution in [0.15, 0.2) is 30.6 Å². The van der Waals surface area contributed by atoms with Crippen LogP contribution in [0.3, 0.4) is 0 Å². The molecule has 1 aromatic heterocycles. The minimum atomic E-state index is -0.124.